The Bertz CT molecular complexity index is 1050. The lowest BCUT2D eigenvalue weighted by molar-refractivity contribution is -0.127. The van der Waals surface area contributed by atoms with Gasteiger partial charge in [0.1, 0.15) is 12.3 Å². The van der Waals surface area contributed by atoms with Crippen LogP contribution < -0.4 is 15.0 Å². The van der Waals surface area contributed by atoms with Gasteiger partial charge in [0.25, 0.3) is 5.91 Å². The smallest absolute Gasteiger partial charge is 0.268 e. The number of aryl methyl sites for hydroxylation is 1. The molecule has 0 aliphatic carbocycles. The molecular formula is C19H18N6O3. The molecule has 1 aromatic heterocycles. The van der Waals surface area contributed by atoms with Gasteiger partial charge in [0, 0.05) is 18.3 Å². The average molecular weight is 378 g/mol. The number of hydrogen-bond acceptors (Lipinski definition) is 6. The van der Waals surface area contributed by atoms with Gasteiger partial charge in [0.15, 0.2) is 11.9 Å². The number of ether oxygens (including phenoxy) is 1. The van der Waals surface area contributed by atoms with Crippen molar-refractivity contribution in [2.24, 2.45) is 7.05 Å². The number of amides is 2. The Kier molecular flexibility index (Phi) is 4.48. The molecule has 3 aromatic rings. The first-order valence-electron chi connectivity index (χ1n) is 8.72. The Morgan fingerprint density at radius 1 is 1.21 bits per heavy atom. The molecule has 0 fully saturated rings. The number of tetrazole rings is 1. The Hall–Kier alpha value is -3.75. The fourth-order valence-corrected chi connectivity index (χ4v) is 3.08. The predicted octanol–water partition coefficient (Wildman–Crippen LogP) is 1.63. The zero-order valence-corrected chi connectivity index (χ0v) is 15.4. The summed E-state index contributed by atoms with van der Waals surface area (Å²) in [5.74, 6) is 0.597. The van der Waals surface area contributed by atoms with E-state index in [1.165, 1.54) is 4.90 Å². The highest BCUT2D eigenvalue weighted by Crippen LogP contribution is 2.33. The summed E-state index contributed by atoms with van der Waals surface area (Å²) in [6.07, 6.45) is -0.644. The highest BCUT2D eigenvalue weighted by molar-refractivity contribution is 6.06. The van der Waals surface area contributed by atoms with E-state index in [-0.39, 0.29) is 18.4 Å². The van der Waals surface area contributed by atoms with Crippen molar-refractivity contribution in [2.75, 3.05) is 16.8 Å². The van der Waals surface area contributed by atoms with Crippen LogP contribution in [-0.4, -0.2) is 44.7 Å². The van der Waals surface area contributed by atoms with Crippen LogP contribution >= 0.6 is 0 Å². The Morgan fingerprint density at radius 2 is 2.04 bits per heavy atom. The van der Waals surface area contributed by atoms with Crippen molar-refractivity contribution in [3.63, 3.8) is 0 Å². The molecule has 1 atom stereocenters. The van der Waals surface area contributed by atoms with Gasteiger partial charge in [-0.1, -0.05) is 24.3 Å². The molecule has 0 spiro atoms. The number of aromatic nitrogens is 4. The number of carbonyl (C=O) groups is 2. The molecule has 2 heterocycles. The molecule has 9 nitrogen and oxygen atoms in total. The zero-order chi connectivity index (χ0) is 19.7. The number of nitrogens with one attached hydrogen (secondary N) is 1. The number of anilines is 2. The maximum Gasteiger partial charge on any atom is 0.268 e. The molecule has 1 aliphatic rings. The Labute approximate surface area is 160 Å². The van der Waals surface area contributed by atoms with Crippen LogP contribution in [0.5, 0.6) is 5.75 Å². The fourth-order valence-electron chi connectivity index (χ4n) is 3.08. The first-order chi connectivity index (χ1) is 13.5. The maximum atomic E-state index is 12.6. The van der Waals surface area contributed by atoms with E-state index in [9.17, 15) is 9.59 Å². The molecular weight excluding hydrogens is 360 g/mol. The second kappa shape index (κ2) is 7.10. The van der Waals surface area contributed by atoms with Crippen LogP contribution in [0.15, 0.2) is 48.5 Å². The number of para-hydroxylation sites is 2. The summed E-state index contributed by atoms with van der Waals surface area (Å²) in [6, 6.07) is 14.4. The van der Waals surface area contributed by atoms with E-state index in [2.05, 4.69) is 20.8 Å². The van der Waals surface area contributed by atoms with Gasteiger partial charge in [-0.3, -0.25) is 14.5 Å². The van der Waals surface area contributed by atoms with Gasteiger partial charge in [0.2, 0.25) is 5.91 Å². The van der Waals surface area contributed by atoms with Gasteiger partial charge in [-0.25, -0.2) is 4.68 Å². The minimum atomic E-state index is -0.644. The summed E-state index contributed by atoms with van der Waals surface area (Å²) in [7, 11) is 1.74. The highest BCUT2D eigenvalue weighted by Gasteiger charge is 2.32. The second-order valence-corrected chi connectivity index (χ2v) is 6.41. The molecule has 0 bridgehead atoms. The predicted molar refractivity (Wildman–Crippen MR) is 102 cm³/mol. The van der Waals surface area contributed by atoms with Gasteiger partial charge in [-0.2, -0.15) is 0 Å². The fraction of sp³-hybridized carbons (Fsp3) is 0.211. The molecule has 1 N–H and O–H groups in total. The summed E-state index contributed by atoms with van der Waals surface area (Å²) in [5.41, 5.74) is 1.94. The maximum absolute atomic E-state index is 12.6. The first kappa shape index (κ1) is 17.7. The van der Waals surface area contributed by atoms with Crippen molar-refractivity contribution >= 4 is 23.2 Å². The molecule has 9 heteroatoms. The second-order valence-electron chi connectivity index (χ2n) is 6.41. The molecule has 142 valence electrons. The van der Waals surface area contributed by atoms with Crippen LogP contribution in [-0.2, 0) is 16.6 Å². The Balaban J connectivity index is 1.52. The summed E-state index contributed by atoms with van der Waals surface area (Å²) in [6.45, 7) is 1.56. The normalized spacial score (nSPS) is 15.7. The molecule has 0 radical (unpaired) electrons. The van der Waals surface area contributed by atoms with Gasteiger partial charge in [-0.05, 0) is 41.6 Å². The van der Waals surface area contributed by atoms with Crippen LogP contribution in [0, 0.1) is 0 Å². The number of fused-ring (bicyclic) bond motifs is 1. The lowest BCUT2D eigenvalue weighted by Crippen LogP contribution is -2.47. The van der Waals surface area contributed by atoms with Crippen molar-refractivity contribution in [1.29, 1.82) is 0 Å². The topological polar surface area (TPSA) is 102 Å². The first-order valence-corrected chi connectivity index (χ1v) is 8.72. The number of carbonyl (C=O) groups excluding carboxylic acids is 2. The van der Waals surface area contributed by atoms with Gasteiger partial charge < -0.3 is 10.1 Å². The summed E-state index contributed by atoms with van der Waals surface area (Å²) in [5, 5.41) is 14.2. The summed E-state index contributed by atoms with van der Waals surface area (Å²) >= 11 is 0. The van der Waals surface area contributed by atoms with Crippen LogP contribution in [0.25, 0.3) is 11.4 Å². The van der Waals surface area contributed by atoms with E-state index in [1.54, 1.807) is 55.1 Å². The molecule has 0 unspecified atom stereocenters. The van der Waals surface area contributed by atoms with Crippen LogP contribution in [0.3, 0.4) is 0 Å². The summed E-state index contributed by atoms with van der Waals surface area (Å²) in [4.78, 5) is 26.6. The minimum Gasteiger partial charge on any atom is -0.479 e. The van der Waals surface area contributed by atoms with E-state index < -0.39 is 6.10 Å². The number of nitrogens with zero attached hydrogens (tertiary/aromatic N) is 5. The highest BCUT2D eigenvalue weighted by atomic mass is 16.5. The zero-order valence-electron chi connectivity index (χ0n) is 15.4. The van der Waals surface area contributed by atoms with E-state index in [0.29, 0.717) is 22.9 Å². The average Bonchev–Trinajstić information content (AvgIpc) is 3.11. The molecule has 28 heavy (non-hydrogen) atoms. The molecule has 4 rings (SSSR count). The molecule has 0 saturated carbocycles. The third-order valence-electron chi connectivity index (χ3n) is 4.40. The third-order valence-corrected chi connectivity index (χ3v) is 4.40. The monoisotopic (exact) mass is 378 g/mol. The van der Waals surface area contributed by atoms with Gasteiger partial charge in [-0.15, -0.1) is 5.10 Å². The lowest BCUT2D eigenvalue weighted by Gasteiger charge is -2.32. The van der Waals surface area contributed by atoms with Crippen LogP contribution in [0.4, 0.5) is 11.4 Å². The van der Waals surface area contributed by atoms with Gasteiger partial charge >= 0.3 is 0 Å². The van der Waals surface area contributed by atoms with Crippen molar-refractivity contribution in [3.8, 4) is 17.1 Å². The van der Waals surface area contributed by atoms with Crippen LogP contribution in [0.1, 0.15) is 6.92 Å². The number of benzene rings is 2. The molecule has 0 saturated heterocycles. The largest absolute Gasteiger partial charge is 0.479 e. The quantitative estimate of drug-likeness (QED) is 0.740. The third kappa shape index (κ3) is 3.29. The van der Waals surface area contributed by atoms with E-state index in [0.717, 1.165) is 5.56 Å². The van der Waals surface area contributed by atoms with E-state index >= 15 is 0 Å². The van der Waals surface area contributed by atoms with E-state index in [1.807, 2.05) is 12.1 Å². The van der Waals surface area contributed by atoms with Crippen LogP contribution in [0.2, 0.25) is 0 Å². The SMILES string of the molecule is C[C@@H]1Oc2ccccc2N(CC(=O)Nc2cccc(-c3nnnn3C)c2)C1=O. The van der Waals surface area contributed by atoms with Gasteiger partial charge in [0.05, 0.1) is 5.69 Å². The molecule has 2 aromatic carbocycles. The van der Waals surface area contributed by atoms with Crippen molar-refractivity contribution in [1.82, 2.24) is 20.2 Å². The van der Waals surface area contributed by atoms with E-state index in [4.69, 9.17) is 4.74 Å². The minimum absolute atomic E-state index is 0.112. The molecule has 2 amide bonds. The summed E-state index contributed by atoms with van der Waals surface area (Å²) < 4.78 is 7.15. The Morgan fingerprint density at radius 3 is 2.82 bits per heavy atom. The lowest BCUT2D eigenvalue weighted by atomic mass is 10.1. The van der Waals surface area contributed by atoms with Crippen molar-refractivity contribution in [2.45, 2.75) is 13.0 Å². The van der Waals surface area contributed by atoms with Crippen molar-refractivity contribution < 1.29 is 14.3 Å². The standard InChI is InChI=1S/C19H18N6O3/c1-12-19(27)25(15-8-3-4-9-16(15)28-12)11-17(26)20-14-7-5-6-13(10-14)18-21-22-23-24(18)2/h3-10,12H,11H2,1-2H3,(H,20,26)/t12-/m0/s1. The number of hydrogen-bond donors (Lipinski definition) is 1. The number of rotatable bonds is 4. The molecule has 1 aliphatic heterocycles. The van der Waals surface area contributed by atoms with Crippen molar-refractivity contribution in [3.05, 3.63) is 48.5 Å².